The van der Waals surface area contributed by atoms with E-state index in [4.69, 9.17) is 0 Å². The quantitative estimate of drug-likeness (QED) is 0.459. The molecule has 0 aromatic rings. The van der Waals surface area contributed by atoms with Gasteiger partial charge in [0.25, 0.3) is 0 Å². The van der Waals surface area contributed by atoms with Gasteiger partial charge in [0, 0.05) is 0 Å². The van der Waals surface area contributed by atoms with Gasteiger partial charge in [-0.05, 0) is 97.7 Å². The minimum Gasteiger partial charge on any atom is -0.103 e. The zero-order chi connectivity index (χ0) is 17.8. The lowest BCUT2D eigenvalue weighted by molar-refractivity contribution is -0.0536. The van der Waals surface area contributed by atoms with Gasteiger partial charge in [0.2, 0.25) is 0 Å². The summed E-state index contributed by atoms with van der Waals surface area (Å²) in [6, 6.07) is 0. The fourth-order valence-corrected chi connectivity index (χ4v) is 8.23. The molecule has 4 aliphatic rings. The van der Waals surface area contributed by atoms with Crippen LogP contribution in [-0.4, -0.2) is 0 Å². The third-order valence-electron chi connectivity index (χ3n) is 9.66. The van der Waals surface area contributed by atoms with Crippen LogP contribution in [0.1, 0.15) is 85.5 Å². The van der Waals surface area contributed by atoms with Crippen LogP contribution < -0.4 is 0 Å². The fourth-order valence-electron chi connectivity index (χ4n) is 8.23. The smallest absolute Gasteiger partial charge is 0.00853 e. The highest BCUT2D eigenvalue weighted by Gasteiger charge is 2.58. The van der Waals surface area contributed by atoms with Gasteiger partial charge >= 0.3 is 0 Å². The molecule has 4 rings (SSSR count). The lowest BCUT2D eigenvalue weighted by atomic mass is 9.47. The van der Waals surface area contributed by atoms with Gasteiger partial charge in [0.1, 0.15) is 0 Å². The lowest BCUT2D eigenvalue weighted by Gasteiger charge is -2.58. The molecule has 0 heteroatoms. The van der Waals surface area contributed by atoms with Crippen LogP contribution >= 0.6 is 0 Å². The summed E-state index contributed by atoms with van der Waals surface area (Å²) in [6.45, 7) is 14.3. The summed E-state index contributed by atoms with van der Waals surface area (Å²) in [6.07, 6.45) is 18.0. The van der Waals surface area contributed by atoms with Gasteiger partial charge in [-0.2, -0.15) is 0 Å². The van der Waals surface area contributed by atoms with Crippen LogP contribution in [0.5, 0.6) is 0 Å². The molecule has 0 radical (unpaired) electrons. The van der Waals surface area contributed by atoms with Gasteiger partial charge in [-0.3, -0.25) is 0 Å². The molecule has 3 saturated carbocycles. The first-order valence-corrected chi connectivity index (χ1v) is 11.2. The molecule has 0 saturated heterocycles. The van der Waals surface area contributed by atoms with Crippen molar-refractivity contribution in [3.8, 4) is 0 Å². The molecule has 8 atom stereocenters. The van der Waals surface area contributed by atoms with Crippen molar-refractivity contribution < 1.29 is 0 Å². The Bertz CT molecular complexity index is 556. The molecule has 0 aromatic heterocycles. The van der Waals surface area contributed by atoms with Crippen molar-refractivity contribution in [1.82, 2.24) is 0 Å². The molecular weight excluding hydrogens is 300 g/mol. The molecule has 0 bridgehead atoms. The molecule has 0 amide bonds. The Hall–Kier alpha value is -0.520. The van der Waals surface area contributed by atoms with Crippen LogP contribution in [0.15, 0.2) is 24.3 Å². The average molecular weight is 341 g/mol. The zero-order valence-corrected chi connectivity index (χ0v) is 17.2. The van der Waals surface area contributed by atoms with E-state index in [-0.39, 0.29) is 0 Å². The molecule has 5 unspecified atom stereocenters. The van der Waals surface area contributed by atoms with Crippen molar-refractivity contribution in [2.24, 2.45) is 46.3 Å². The summed E-state index contributed by atoms with van der Waals surface area (Å²) >= 11 is 0. The third kappa shape index (κ3) is 2.61. The summed E-state index contributed by atoms with van der Waals surface area (Å²) < 4.78 is 0. The second-order valence-electron chi connectivity index (χ2n) is 10.7. The maximum Gasteiger partial charge on any atom is -0.00853 e. The first-order valence-electron chi connectivity index (χ1n) is 11.2. The van der Waals surface area contributed by atoms with Gasteiger partial charge in [0.15, 0.2) is 0 Å². The summed E-state index contributed by atoms with van der Waals surface area (Å²) in [4.78, 5) is 0. The molecule has 0 spiro atoms. The lowest BCUT2D eigenvalue weighted by Crippen LogP contribution is -2.50. The van der Waals surface area contributed by atoms with Crippen LogP contribution in [0.25, 0.3) is 0 Å². The number of hydrogen-bond acceptors (Lipinski definition) is 0. The molecule has 4 aliphatic carbocycles. The Morgan fingerprint density at radius 3 is 2.64 bits per heavy atom. The van der Waals surface area contributed by atoms with Crippen molar-refractivity contribution in [3.63, 3.8) is 0 Å². The molecule has 0 nitrogen and oxygen atoms in total. The standard InChI is InChI=1S/C25H40/c1-6-18(3)21-11-12-22-20-10-9-19-16-17(2)8-7-14-24(19,4)23(20)13-15-25(21,22)5/h6,16-18,20-23H,1,7-15H2,2-5H3/t17-,18+,20?,21+,22?,23?,24?,25?/m0/s1. The minimum atomic E-state index is 0.525. The molecule has 140 valence electrons. The highest BCUT2D eigenvalue weighted by Crippen LogP contribution is 2.67. The molecule has 3 fully saturated rings. The molecule has 0 heterocycles. The minimum absolute atomic E-state index is 0.525. The Balaban J connectivity index is 1.64. The Morgan fingerprint density at radius 1 is 1.08 bits per heavy atom. The Labute approximate surface area is 156 Å². The normalized spacial score (nSPS) is 50.7. The predicted molar refractivity (Wildman–Crippen MR) is 108 cm³/mol. The van der Waals surface area contributed by atoms with Gasteiger partial charge in [0.05, 0.1) is 0 Å². The van der Waals surface area contributed by atoms with Crippen molar-refractivity contribution in [2.45, 2.75) is 85.5 Å². The van der Waals surface area contributed by atoms with Crippen LogP contribution in [0, 0.1) is 46.3 Å². The number of rotatable bonds is 2. The molecule has 0 aromatic carbocycles. The van der Waals surface area contributed by atoms with E-state index in [0.29, 0.717) is 16.7 Å². The predicted octanol–water partition coefficient (Wildman–Crippen LogP) is 7.41. The van der Waals surface area contributed by atoms with E-state index in [2.05, 4.69) is 46.4 Å². The third-order valence-corrected chi connectivity index (χ3v) is 9.66. The van der Waals surface area contributed by atoms with Crippen molar-refractivity contribution in [1.29, 1.82) is 0 Å². The highest BCUT2D eigenvalue weighted by molar-refractivity contribution is 5.23. The maximum atomic E-state index is 4.13. The first kappa shape index (κ1) is 17.9. The van der Waals surface area contributed by atoms with E-state index < -0.39 is 0 Å². The van der Waals surface area contributed by atoms with Crippen LogP contribution in [-0.2, 0) is 0 Å². The van der Waals surface area contributed by atoms with Crippen molar-refractivity contribution in [3.05, 3.63) is 24.3 Å². The number of fused-ring (bicyclic) bond motifs is 5. The topological polar surface area (TPSA) is 0 Å². The van der Waals surface area contributed by atoms with Crippen LogP contribution in [0.3, 0.4) is 0 Å². The maximum absolute atomic E-state index is 4.13. The second kappa shape index (κ2) is 6.28. The second-order valence-corrected chi connectivity index (χ2v) is 10.7. The molecule has 0 aliphatic heterocycles. The fraction of sp³-hybridized carbons (Fsp3) is 0.840. The van der Waals surface area contributed by atoms with Gasteiger partial charge in [-0.15, -0.1) is 6.58 Å². The van der Waals surface area contributed by atoms with Crippen LogP contribution in [0.2, 0.25) is 0 Å². The van der Waals surface area contributed by atoms with E-state index in [0.717, 1.165) is 29.6 Å². The largest absolute Gasteiger partial charge is 0.103 e. The van der Waals surface area contributed by atoms with E-state index in [1.54, 1.807) is 0 Å². The number of allylic oxidation sites excluding steroid dienone is 3. The van der Waals surface area contributed by atoms with Gasteiger partial charge in [-0.25, -0.2) is 0 Å². The van der Waals surface area contributed by atoms with E-state index in [1.807, 2.05) is 5.57 Å². The summed E-state index contributed by atoms with van der Waals surface area (Å²) in [5.41, 5.74) is 2.97. The van der Waals surface area contributed by atoms with Gasteiger partial charge < -0.3 is 0 Å². The van der Waals surface area contributed by atoms with E-state index >= 15 is 0 Å². The van der Waals surface area contributed by atoms with E-state index in [1.165, 1.54) is 57.8 Å². The molecular formula is C25H40. The Kier molecular flexibility index (Phi) is 4.49. The van der Waals surface area contributed by atoms with Gasteiger partial charge in [-0.1, -0.05) is 51.8 Å². The van der Waals surface area contributed by atoms with Crippen molar-refractivity contribution >= 4 is 0 Å². The summed E-state index contributed by atoms with van der Waals surface area (Å²) in [7, 11) is 0. The average Bonchev–Trinajstić information content (AvgIpc) is 2.85. The summed E-state index contributed by atoms with van der Waals surface area (Å²) in [5, 5.41) is 0. The van der Waals surface area contributed by atoms with E-state index in [9.17, 15) is 0 Å². The SMILES string of the molecule is C=C[C@@H](C)[C@H]1CCC2C3CCC4=C[C@@H](C)CCCC4(C)C3CCC21C. The Morgan fingerprint density at radius 2 is 1.88 bits per heavy atom. The highest BCUT2D eigenvalue weighted by atomic mass is 14.6. The van der Waals surface area contributed by atoms with Crippen LogP contribution in [0.4, 0.5) is 0 Å². The van der Waals surface area contributed by atoms with Crippen molar-refractivity contribution in [2.75, 3.05) is 0 Å². The molecule has 0 N–H and O–H groups in total. The monoisotopic (exact) mass is 340 g/mol. The number of hydrogen-bond donors (Lipinski definition) is 0. The first-order chi connectivity index (χ1) is 11.9. The zero-order valence-electron chi connectivity index (χ0n) is 17.2. The summed E-state index contributed by atoms with van der Waals surface area (Å²) in [5.74, 6) is 5.34. The molecule has 25 heavy (non-hydrogen) atoms.